The Morgan fingerprint density at radius 1 is 1.07 bits per heavy atom. The van der Waals surface area contributed by atoms with Crippen LogP contribution in [-0.2, 0) is 17.5 Å². The number of rotatable bonds is 8. The molecule has 0 radical (unpaired) electrons. The molecule has 5 nitrogen and oxygen atoms in total. The van der Waals surface area contributed by atoms with E-state index in [0.29, 0.717) is 5.56 Å². The second-order valence-electron chi connectivity index (χ2n) is 5.92. The van der Waals surface area contributed by atoms with Gasteiger partial charge < -0.3 is 19.1 Å². The van der Waals surface area contributed by atoms with Gasteiger partial charge in [0.15, 0.2) is 18.1 Å². The first kappa shape index (κ1) is 22.3. The largest absolute Gasteiger partial charge is 0.493 e. The first-order valence-corrected chi connectivity index (χ1v) is 8.26. The maximum absolute atomic E-state index is 12.5. The molecule has 0 atom stereocenters. The number of hydrogen-bond acceptors (Lipinski definition) is 4. The third-order valence-corrected chi connectivity index (χ3v) is 3.83. The van der Waals surface area contributed by atoms with E-state index in [9.17, 15) is 26.7 Å². The van der Waals surface area contributed by atoms with Crippen molar-refractivity contribution in [3.63, 3.8) is 0 Å². The van der Waals surface area contributed by atoms with E-state index in [4.69, 9.17) is 9.47 Å². The second kappa shape index (κ2) is 9.44. The maximum Gasteiger partial charge on any atom is 0.416 e. The summed E-state index contributed by atoms with van der Waals surface area (Å²) in [5.74, 6) is -0.399. The van der Waals surface area contributed by atoms with Gasteiger partial charge in [0.2, 0.25) is 0 Å². The van der Waals surface area contributed by atoms with E-state index < -0.39 is 30.9 Å². The summed E-state index contributed by atoms with van der Waals surface area (Å²) in [6.07, 6.45) is -4.46. The third kappa shape index (κ3) is 6.51. The van der Waals surface area contributed by atoms with E-state index in [0.717, 1.165) is 24.3 Å². The number of carbonyl (C=O) groups is 1. The van der Waals surface area contributed by atoms with Crippen LogP contribution in [0.4, 0.5) is 22.0 Å². The summed E-state index contributed by atoms with van der Waals surface area (Å²) in [6.45, 7) is -3.37. The predicted octanol–water partition coefficient (Wildman–Crippen LogP) is 4.35. The zero-order chi connectivity index (χ0) is 21.6. The van der Waals surface area contributed by atoms with Crippen LogP contribution in [0, 0.1) is 0 Å². The van der Waals surface area contributed by atoms with Crippen LogP contribution in [0.25, 0.3) is 0 Å². The average molecular weight is 419 g/mol. The quantitative estimate of drug-likeness (QED) is 0.597. The molecule has 0 saturated carbocycles. The fraction of sp³-hybridized carbons (Fsp3) is 0.316. The lowest BCUT2D eigenvalue weighted by atomic mass is 10.2. The predicted molar refractivity (Wildman–Crippen MR) is 93.0 cm³/mol. The topological polar surface area (TPSA) is 48.0 Å². The molecule has 0 spiro atoms. The highest BCUT2D eigenvalue weighted by atomic mass is 19.4. The fourth-order valence-electron chi connectivity index (χ4n) is 2.36. The van der Waals surface area contributed by atoms with Gasteiger partial charge in [0.25, 0.3) is 5.91 Å². The Balaban J connectivity index is 1.95. The molecular weight excluding hydrogens is 401 g/mol. The smallest absolute Gasteiger partial charge is 0.416 e. The molecule has 29 heavy (non-hydrogen) atoms. The molecule has 0 N–H and O–H groups in total. The van der Waals surface area contributed by atoms with E-state index in [2.05, 4.69) is 4.74 Å². The number of benzene rings is 2. The zero-order valence-electron chi connectivity index (χ0n) is 15.5. The number of ether oxygens (including phenoxy) is 3. The lowest BCUT2D eigenvalue weighted by Crippen LogP contribution is -2.31. The molecule has 2 aromatic carbocycles. The number of nitrogens with zero attached hydrogens (tertiary/aromatic N) is 1. The Morgan fingerprint density at radius 2 is 1.72 bits per heavy atom. The van der Waals surface area contributed by atoms with E-state index >= 15 is 0 Å². The van der Waals surface area contributed by atoms with E-state index in [1.54, 1.807) is 6.07 Å². The molecular formula is C19H18F5NO4. The Kier molecular flexibility index (Phi) is 7.24. The first-order valence-electron chi connectivity index (χ1n) is 8.26. The molecule has 0 aliphatic carbocycles. The van der Waals surface area contributed by atoms with Gasteiger partial charge in [0.1, 0.15) is 5.75 Å². The van der Waals surface area contributed by atoms with Crippen molar-refractivity contribution in [2.24, 2.45) is 0 Å². The van der Waals surface area contributed by atoms with Gasteiger partial charge in [0, 0.05) is 13.6 Å². The number of alkyl halides is 5. The van der Waals surface area contributed by atoms with Crippen molar-refractivity contribution < 1.29 is 41.0 Å². The Labute approximate surface area is 163 Å². The van der Waals surface area contributed by atoms with Gasteiger partial charge in [-0.05, 0) is 42.0 Å². The summed E-state index contributed by atoms with van der Waals surface area (Å²) < 4.78 is 77.1. The highest BCUT2D eigenvalue weighted by Gasteiger charge is 2.30. The number of amides is 1. The number of carbonyl (C=O) groups excluding carboxylic acids is 1. The molecule has 0 aliphatic rings. The maximum atomic E-state index is 12.5. The van der Waals surface area contributed by atoms with Crippen LogP contribution in [0.3, 0.4) is 0 Å². The molecule has 10 heteroatoms. The van der Waals surface area contributed by atoms with Crippen LogP contribution in [0.1, 0.15) is 11.1 Å². The van der Waals surface area contributed by atoms with Gasteiger partial charge in [-0.25, -0.2) is 0 Å². The normalized spacial score (nSPS) is 11.3. The van der Waals surface area contributed by atoms with E-state index in [1.165, 1.54) is 31.2 Å². The average Bonchev–Trinajstić information content (AvgIpc) is 2.65. The van der Waals surface area contributed by atoms with Gasteiger partial charge >= 0.3 is 12.8 Å². The SMILES string of the molecule is COc1ccc(CN(C)C(=O)COc2ccc(C(F)(F)F)cc2)cc1OC(F)F. The van der Waals surface area contributed by atoms with Gasteiger partial charge in [-0.2, -0.15) is 22.0 Å². The van der Waals surface area contributed by atoms with Crippen molar-refractivity contribution in [2.45, 2.75) is 19.3 Å². The molecule has 158 valence electrons. The Morgan fingerprint density at radius 3 is 2.28 bits per heavy atom. The van der Waals surface area contributed by atoms with Gasteiger partial charge in [-0.3, -0.25) is 4.79 Å². The molecule has 0 bridgehead atoms. The summed E-state index contributed by atoms with van der Waals surface area (Å²) in [7, 11) is 2.78. The van der Waals surface area contributed by atoms with E-state index in [1.807, 2.05) is 0 Å². The highest BCUT2D eigenvalue weighted by molar-refractivity contribution is 5.77. The van der Waals surface area contributed by atoms with Crippen LogP contribution in [0.5, 0.6) is 17.2 Å². The second-order valence-corrected chi connectivity index (χ2v) is 5.92. The summed E-state index contributed by atoms with van der Waals surface area (Å²) in [5.41, 5.74) is -0.318. The molecule has 0 unspecified atom stereocenters. The van der Waals surface area contributed by atoms with Crippen LogP contribution >= 0.6 is 0 Å². The fourth-order valence-corrected chi connectivity index (χ4v) is 2.36. The van der Waals surface area contributed by atoms with Crippen LogP contribution < -0.4 is 14.2 Å². The monoisotopic (exact) mass is 419 g/mol. The lowest BCUT2D eigenvalue weighted by molar-refractivity contribution is -0.137. The summed E-state index contributed by atoms with van der Waals surface area (Å²) in [5, 5.41) is 0. The summed E-state index contributed by atoms with van der Waals surface area (Å²) in [6, 6.07) is 8.28. The number of methoxy groups -OCH3 is 1. The molecule has 0 heterocycles. The highest BCUT2D eigenvalue weighted by Crippen LogP contribution is 2.31. The van der Waals surface area contributed by atoms with Crippen LogP contribution in [0.15, 0.2) is 42.5 Å². The number of hydrogen-bond donors (Lipinski definition) is 0. The third-order valence-electron chi connectivity index (χ3n) is 3.83. The van der Waals surface area contributed by atoms with Crippen LogP contribution in [0.2, 0.25) is 0 Å². The first-order chi connectivity index (χ1) is 13.6. The van der Waals surface area contributed by atoms with E-state index in [-0.39, 0.29) is 23.8 Å². The Hall–Kier alpha value is -3.04. The lowest BCUT2D eigenvalue weighted by Gasteiger charge is -2.19. The number of halogens is 5. The van der Waals surface area contributed by atoms with Gasteiger partial charge in [-0.1, -0.05) is 6.07 Å². The molecule has 1 amide bonds. The van der Waals surface area contributed by atoms with Crippen molar-refractivity contribution in [2.75, 3.05) is 20.8 Å². The molecule has 0 aliphatic heterocycles. The molecule has 0 saturated heterocycles. The standard InChI is InChI=1S/C19H18F5NO4/c1-25(10-12-3-8-15(27-2)16(9-12)29-18(20)21)17(26)11-28-14-6-4-13(5-7-14)19(22,23)24/h3-9,18H,10-11H2,1-2H3. The van der Waals surface area contributed by atoms with Crippen molar-refractivity contribution >= 4 is 5.91 Å². The minimum absolute atomic E-state index is 0.0683. The van der Waals surface area contributed by atoms with Gasteiger partial charge in [0.05, 0.1) is 12.7 Å². The summed E-state index contributed by atoms with van der Waals surface area (Å²) >= 11 is 0. The molecule has 0 aromatic heterocycles. The molecule has 2 aromatic rings. The van der Waals surface area contributed by atoms with Gasteiger partial charge in [-0.15, -0.1) is 0 Å². The van der Waals surface area contributed by atoms with Crippen molar-refractivity contribution in [3.05, 3.63) is 53.6 Å². The van der Waals surface area contributed by atoms with Crippen molar-refractivity contribution in [1.82, 2.24) is 4.90 Å². The molecule has 2 rings (SSSR count). The molecule has 0 fully saturated rings. The Bertz CT molecular complexity index is 824. The summed E-state index contributed by atoms with van der Waals surface area (Å²) in [4.78, 5) is 13.5. The minimum atomic E-state index is -4.46. The number of likely N-dealkylation sites (N-methyl/N-ethyl adjacent to an activating group) is 1. The van der Waals surface area contributed by atoms with Crippen molar-refractivity contribution in [1.29, 1.82) is 0 Å². The van der Waals surface area contributed by atoms with Crippen molar-refractivity contribution in [3.8, 4) is 17.2 Å². The zero-order valence-corrected chi connectivity index (χ0v) is 15.5. The van der Waals surface area contributed by atoms with Crippen LogP contribution in [-0.4, -0.2) is 38.2 Å². The minimum Gasteiger partial charge on any atom is -0.493 e.